The van der Waals surface area contributed by atoms with Crippen LogP contribution in [-0.2, 0) is 10.2 Å². The Morgan fingerprint density at radius 3 is 2.25 bits per heavy atom. The molecule has 0 fully saturated rings. The first-order valence-electron chi connectivity index (χ1n) is 5.38. The predicted octanol–water partition coefficient (Wildman–Crippen LogP) is 3.47. The molecular formula is C14H18O2. The van der Waals surface area contributed by atoms with Gasteiger partial charge in [-0.25, -0.2) is 0 Å². The van der Waals surface area contributed by atoms with Gasteiger partial charge >= 0.3 is 5.97 Å². The van der Waals surface area contributed by atoms with E-state index in [0.717, 1.165) is 5.56 Å². The van der Waals surface area contributed by atoms with E-state index in [1.165, 1.54) is 5.56 Å². The van der Waals surface area contributed by atoms with E-state index in [1.807, 2.05) is 18.2 Å². The highest BCUT2D eigenvalue weighted by molar-refractivity contribution is 5.70. The summed E-state index contributed by atoms with van der Waals surface area (Å²) in [5, 5.41) is 8.49. The van der Waals surface area contributed by atoms with Gasteiger partial charge < -0.3 is 5.11 Å². The number of carbonyl (C=O) groups is 1. The summed E-state index contributed by atoms with van der Waals surface area (Å²) in [4.78, 5) is 10.3. The normalized spacial score (nSPS) is 11.9. The highest BCUT2D eigenvalue weighted by atomic mass is 16.4. The van der Waals surface area contributed by atoms with E-state index in [9.17, 15) is 4.79 Å². The Labute approximate surface area is 96.6 Å². The topological polar surface area (TPSA) is 37.3 Å². The Bertz CT molecular complexity index is 380. The molecule has 16 heavy (non-hydrogen) atoms. The molecular weight excluding hydrogens is 200 g/mol. The van der Waals surface area contributed by atoms with Crippen LogP contribution in [0.3, 0.4) is 0 Å². The summed E-state index contributed by atoms with van der Waals surface area (Å²) < 4.78 is 0. The van der Waals surface area contributed by atoms with Crippen LogP contribution in [0, 0.1) is 0 Å². The van der Waals surface area contributed by atoms with Crippen LogP contribution in [-0.4, -0.2) is 11.1 Å². The first-order chi connectivity index (χ1) is 7.39. The van der Waals surface area contributed by atoms with Gasteiger partial charge in [-0.3, -0.25) is 4.79 Å². The van der Waals surface area contributed by atoms with Crippen LogP contribution in [0.15, 0.2) is 30.3 Å². The molecule has 0 aliphatic carbocycles. The largest absolute Gasteiger partial charge is 0.481 e. The van der Waals surface area contributed by atoms with Gasteiger partial charge in [-0.2, -0.15) is 0 Å². The zero-order chi connectivity index (χ0) is 12.2. The minimum Gasteiger partial charge on any atom is -0.481 e. The Morgan fingerprint density at radius 2 is 1.81 bits per heavy atom. The maximum atomic E-state index is 10.3. The van der Waals surface area contributed by atoms with Gasteiger partial charge in [0.2, 0.25) is 0 Å². The van der Waals surface area contributed by atoms with E-state index in [0.29, 0.717) is 0 Å². The summed E-state index contributed by atoms with van der Waals surface area (Å²) in [6, 6.07) is 8.19. The zero-order valence-electron chi connectivity index (χ0n) is 10.0. The van der Waals surface area contributed by atoms with E-state index in [2.05, 4.69) is 32.9 Å². The Balaban J connectivity index is 2.72. The summed E-state index contributed by atoms with van der Waals surface area (Å²) in [6.07, 6.45) is 3.57. The molecule has 0 radical (unpaired) electrons. The monoisotopic (exact) mass is 218 g/mol. The third-order valence-corrected chi connectivity index (χ3v) is 2.38. The number of carboxylic acid groups (broad SMARTS) is 1. The third-order valence-electron chi connectivity index (χ3n) is 2.38. The van der Waals surface area contributed by atoms with E-state index >= 15 is 0 Å². The van der Waals surface area contributed by atoms with Crippen LogP contribution in [0.25, 0.3) is 6.08 Å². The van der Waals surface area contributed by atoms with Gasteiger partial charge in [0.25, 0.3) is 0 Å². The van der Waals surface area contributed by atoms with Gasteiger partial charge in [0.05, 0.1) is 6.42 Å². The summed E-state index contributed by atoms with van der Waals surface area (Å²) in [5.74, 6) is -0.803. The van der Waals surface area contributed by atoms with Crippen molar-refractivity contribution in [2.24, 2.45) is 0 Å². The lowest BCUT2D eigenvalue weighted by atomic mass is 9.87. The summed E-state index contributed by atoms with van der Waals surface area (Å²) in [6.45, 7) is 6.51. The van der Waals surface area contributed by atoms with Crippen molar-refractivity contribution >= 4 is 12.0 Å². The van der Waals surface area contributed by atoms with Crippen LogP contribution in [0.5, 0.6) is 0 Å². The standard InChI is InChI=1S/C14H18O2/c1-14(2,3)12-9-7-11(8-10-12)5-4-6-13(15)16/h4-5,7-10H,6H2,1-3H3,(H,15,16). The van der Waals surface area contributed by atoms with Crippen molar-refractivity contribution in [2.75, 3.05) is 0 Å². The van der Waals surface area contributed by atoms with Gasteiger partial charge in [0, 0.05) is 0 Å². The van der Waals surface area contributed by atoms with E-state index < -0.39 is 5.97 Å². The van der Waals surface area contributed by atoms with Crippen LogP contribution in [0.2, 0.25) is 0 Å². The summed E-state index contributed by atoms with van der Waals surface area (Å²) in [5.41, 5.74) is 2.47. The fraction of sp³-hybridized carbons (Fsp3) is 0.357. The van der Waals surface area contributed by atoms with E-state index in [1.54, 1.807) is 6.08 Å². The van der Waals surface area contributed by atoms with Gasteiger partial charge in [-0.15, -0.1) is 0 Å². The fourth-order valence-corrected chi connectivity index (χ4v) is 1.39. The number of carboxylic acids is 1. The fourth-order valence-electron chi connectivity index (χ4n) is 1.39. The van der Waals surface area contributed by atoms with Crippen molar-refractivity contribution in [3.05, 3.63) is 41.5 Å². The second-order valence-electron chi connectivity index (χ2n) is 4.87. The Morgan fingerprint density at radius 1 is 1.25 bits per heavy atom. The molecule has 2 nitrogen and oxygen atoms in total. The molecule has 86 valence electrons. The molecule has 2 heteroatoms. The number of hydrogen-bond acceptors (Lipinski definition) is 1. The van der Waals surface area contributed by atoms with Crippen LogP contribution in [0.1, 0.15) is 38.3 Å². The first-order valence-corrected chi connectivity index (χ1v) is 5.38. The van der Waals surface area contributed by atoms with Gasteiger partial charge in [-0.1, -0.05) is 57.2 Å². The first kappa shape index (κ1) is 12.5. The molecule has 0 saturated carbocycles. The molecule has 1 aromatic rings. The van der Waals surface area contributed by atoms with Gasteiger partial charge in [0.15, 0.2) is 0 Å². The lowest BCUT2D eigenvalue weighted by Crippen LogP contribution is -2.10. The minimum absolute atomic E-state index is 0.0705. The average Bonchev–Trinajstić information content (AvgIpc) is 2.16. The van der Waals surface area contributed by atoms with Crippen molar-refractivity contribution < 1.29 is 9.90 Å². The molecule has 0 aliphatic heterocycles. The highest BCUT2D eigenvalue weighted by Crippen LogP contribution is 2.22. The second-order valence-corrected chi connectivity index (χ2v) is 4.87. The molecule has 0 unspecified atom stereocenters. The third kappa shape index (κ3) is 3.89. The van der Waals surface area contributed by atoms with Crippen LogP contribution >= 0.6 is 0 Å². The maximum absolute atomic E-state index is 10.3. The van der Waals surface area contributed by atoms with Crippen molar-refractivity contribution in [3.63, 3.8) is 0 Å². The molecule has 1 N–H and O–H groups in total. The Hall–Kier alpha value is -1.57. The molecule has 1 aromatic carbocycles. The minimum atomic E-state index is -0.803. The van der Waals surface area contributed by atoms with Crippen LogP contribution in [0.4, 0.5) is 0 Å². The molecule has 0 amide bonds. The van der Waals surface area contributed by atoms with Gasteiger partial charge in [0.1, 0.15) is 0 Å². The van der Waals surface area contributed by atoms with Crippen molar-refractivity contribution in [3.8, 4) is 0 Å². The molecule has 0 spiro atoms. The maximum Gasteiger partial charge on any atom is 0.307 e. The lowest BCUT2D eigenvalue weighted by Gasteiger charge is -2.18. The Kier molecular flexibility index (Phi) is 3.88. The molecule has 0 aromatic heterocycles. The molecule has 1 rings (SSSR count). The van der Waals surface area contributed by atoms with Crippen LogP contribution < -0.4 is 0 Å². The summed E-state index contributed by atoms with van der Waals surface area (Å²) >= 11 is 0. The molecule has 0 bridgehead atoms. The zero-order valence-corrected chi connectivity index (χ0v) is 10.0. The quantitative estimate of drug-likeness (QED) is 0.843. The molecule has 0 atom stereocenters. The molecule has 0 saturated heterocycles. The lowest BCUT2D eigenvalue weighted by molar-refractivity contribution is -0.135. The van der Waals surface area contributed by atoms with Gasteiger partial charge in [-0.05, 0) is 16.5 Å². The molecule has 0 heterocycles. The highest BCUT2D eigenvalue weighted by Gasteiger charge is 2.12. The smallest absolute Gasteiger partial charge is 0.307 e. The van der Waals surface area contributed by atoms with Crippen molar-refractivity contribution in [2.45, 2.75) is 32.6 Å². The summed E-state index contributed by atoms with van der Waals surface area (Å²) in [7, 11) is 0. The SMILES string of the molecule is CC(C)(C)c1ccc(C=CCC(=O)O)cc1. The van der Waals surface area contributed by atoms with E-state index in [4.69, 9.17) is 5.11 Å². The van der Waals surface area contributed by atoms with Crippen molar-refractivity contribution in [1.82, 2.24) is 0 Å². The van der Waals surface area contributed by atoms with E-state index in [-0.39, 0.29) is 11.8 Å². The number of hydrogen-bond donors (Lipinski definition) is 1. The predicted molar refractivity (Wildman–Crippen MR) is 66.4 cm³/mol. The number of rotatable bonds is 3. The number of benzene rings is 1. The van der Waals surface area contributed by atoms with Crippen molar-refractivity contribution in [1.29, 1.82) is 0 Å². The average molecular weight is 218 g/mol. The second kappa shape index (κ2) is 4.97. The number of aliphatic carboxylic acids is 1. The molecule has 0 aliphatic rings.